The standard InChI is InChI=1S/C5H8O3/c1-2-3-5(7,8)4-6/h2,4,7-8H,1,3H2. The molecular formula is C5H8O3. The molecule has 0 saturated carbocycles. The fraction of sp³-hybridized carbons (Fsp3) is 0.400. The van der Waals surface area contributed by atoms with Gasteiger partial charge in [0, 0.05) is 6.42 Å². The summed E-state index contributed by atoms with van der Waals surface area (Å²) in [7, 11) is 0. The summed E-state index contributed by atoms with van der Waals surface area (Å²) in [5.74, 6) is -2.21. The number of hydrogen-bond donors (Lipinski definition) is 2. The Balaban J connectivity index is 3.70. The molecule has 0 heterocycles. The second-order valence-corrected chi connectivity index (χ2v) is 1.49. The molecule has 0 aromatic carbocycles. The molecule has 0 amide bonds. The van der Waals surface area contributed by atoms with Crippen LogP contribution in [0.5, 0.6) is 0 Å². The first kappa shape index (κ1) is 7.33. The van der Waals surface area contributed by atoms with E-state index in [-0.39, 0.29) is 12.7 Å². The molecule has 0 spiro atoms. The van der Waals surface area contributed by atoms with E-state index in [4.69, 9.17) is 10.2 Å². The Kier molecular flexibility index (Phi) is 2.37. The molecule has 0 aliphatic rings. The van der Waals surface area contributed by atoms with Crippen molar-refractivity contribution in [2.45, 2.75) is 12.2 Å². The number of carbonyl (C=O) groups is 1. The van der Waals surface area contributed by atoms with Crippen LogP contribution in [0.25, 0.3) is 0 Å². The quantitative estimate of drug-likeness (QED) is 0.295. The van der Waals surface area contributed by atoms with E-state index in [0.29, 0.717) is 0 Å². The Morgan fingerprint density at radius 3 is 2.25 bits per heavy atom. The highest BCUT2D eigenvalue weighted by Crippen LogP contribution is 1.99. The predicted molar refractivity (Wildman–Crippen MR) is 28.0 cm³/mol. The van der Waals surface area contributed by atoms with E-state index in [0.717, 1.165) is 0 Å². The third-order valence-electron chi connectivity index (χ3n) is 0.634. The van der Waals surface area contributed by atoms with Crippen molar-refractivity contribution in [3.63, 3.8) is 0 Å². The van der Waals surface area contributed by atoms with Crippen LogP contribution < -0.4 is 0 Å². The Morgan fingerprint density at radius 1 is 1.62 bits per heavy atom. The Morgan fingerprint density at radius 2 is 2.12 bits per heavy atom. The summed E-state index contributed by atoms with van der Waals surface area (Å²) in [6, 6.07) is 0. The predicted octanol–water partition coefficient (Wildman–Crippen LogP) is -0.558. The fourth-order valence-corrected chi connectivity index (χ4v) is 0.261. The van der Waals surface area contributed by atoms with E-state index in [1.165, 1.54) is 6.08 Å². The zero-order valence-electron chi connectivity index (χ0n) is 4.37. The van der Waals surface area contributed by atoms with Crippen LogP contribution in [-0.4, -0.2) is 22.3 Å². The molecule has 2 N–H and O–H groups in total. The van der Waals surface area contributed by atoms with Gasteiger partial charge in [0.05, 0.1) is 0 Å². The molecule has 0 aliphatic carbocycles. The van der Waals surface area contributed by atoms with Crippen molar-refractivity contribution in [1.82, 2.24) is 0 Å². The summed E-state index contributed by atoms with van der Waals surface area (Å²) < 4.78 is 0. The van der Waals surface area contributed by atoms with Crippen molar-refractivity contribution in [2.75, 3.05) is 0 Å². The normalized spacial score (nSPS) is 10.8. The highest BCUT2D eigenvalue weighted by molar-refractivity contribution is 5.59. The minimum Gasteiger partial charge on any atom is -0.360 e. The summed E-state index contributed by atoms with van der Waals surface area (Å²) in [5, 5.41) is 16.9. The Labute approximate surface area is 47.3 Å². The van der Waals surface area contributed by atoms with E-state index in [9.17, 15) is 4.79 Å². The van der Waals surface area contributed by atoms with Gasteiger partial charge in [0.15, 0.2) is 6.29 Å². The van der Waals surface area contributed by atoms with Crippen LogP contribution in [-0.2, 0) is 4.79 Å². The van der Waals surface area contributed by atoms with Gasteiger partial charge in [-0.1, -0.05) is 6.08 Å². The minimum atomic E-state index is -2.21. The maximum absolute atomic E-state index is 9.67. The molecule has 0 radical (unpaired) electrons. The van der Waals surface area contributed by atoms with E-state index in [2.05, 4.69) is 6.58 Å². The zero-order chi connectivity index (χ0) is 6.62. The lowest BCUT2D eigenvalue weighted by atomic mass is 10.2. The molecule has 0 aliphatic heterocycles. The van der Waals surface area contributed by atoms with Gasteiger partial charge in [-0.3, -0.25) is 4.79 Å². The number of rotatable bonds is 3. The van der Waals surface area contributed by atoms with Crippen molar-refractivity contribution >= 4 is 6.29 Å². The summed E-state index contributed by atoms with van der Waals surface area (Å²) >= 11 is 0. The molecule has 0 unspecified atom stereocenters. The smallest absolute Gasteiger partial charge is 0.224 e. The summed E-state index contributed by atoms with van der Waals surface area (Å²) in [4.78, 5) is 9.67. The molecule has 0 atom stereocenters. The van der Waals surface area contributed by atoms with Crippen molar-refractivity contribution < 1.29 is 15.0 Å². The summed E-state index contributed by atoms with van der Waals surface area (Å²) in [6.45, 7) is 3.21. The number of aliphatic hydroxyl groups is 2. The topological polar surface area (TPSA) is 57.5 Å². The zero-order valence-corrected chi connectivity index (χ0v) is 4.37. The second kappa shape index (κ2) is 2.59. The molecule has 0 fully saturated rings. The lowest BCUT2D eigenvalue weighted by Crippen LogP contribution is -2.28. The minimum absolute atomic E-state index is 0.0642. The van der Waals surface area contributed by atoms with Gasteiger partial charge in [0.25, 0.3) is 0 Å². The molecule has 0 aromatic rings. The third-order valence-corrected chi connectivity index (χ3v) is 0.634. The number of hydrogen-bond acceptors (Lipinski definition) is 3. The van der Waals surface area contributed by atoms with Gasteiger partial charge in [0.1, 0.15) is 0 Å². The van der Waals surface area contributed by atoms with Crippen LogP contribution in [0.2, 0.25) is 0 Å². The van der Waals surface area contributed by atoms with Crippen molar-refractivity contribution in [1.29, 1.82) is 0 Å². The number of carbonyl (C=O) groups excluding carboxylic acids is 1. The van der Waals surface area contributed by atoms with Crippen LogP contribution in [0.1, 0.15) is 6.42 Å². The van der Waals surface area contributed by atoms with E-state index >= 15 is 0 Å². The molecule has 0 aromatic heterocycles. The Hall–Kier alpha value is -0.670. The first-order chi connectivity index (χ1) is 3.62. The van der Waals surface area contributed by atoms with Crippen LogP contribution in [0.4, 0.5) is 0 Å². The highest BCUT2D eigenvalue weighted by Gasteiger charge is 2.18. The lowest BCUT2D eigenvalue weighted by molar-refractivity contribution is -0.167. The average molecular weight is 116 g/mol. The summed E-state index contributed by atoms with van der Waals surface area (Å²) in [5.41, 5.74) is 0. The molecule has 8 heavy (non-hydrogen) atoms. The van der Waals surface area contributed by atoms with Gasteiger partial charge in [-0.05, 0) is 0 Å². The van der Waals surface area contributed by atoms with Crippen molar-refractivity contribution in [3.8, 4) is 0 Å². The van der Waals surface area contributed by atoms with Crippen LogP contribution >= 0.6 is 0 Å². The Bertz CT molecular complexity index is 95.8. The molecular weight excluding hydrogens is 108 g/mol. The third kappa shape index (κ3) is 2.49. The van der Waals surface area contributed by atoms with Gasteiger partial charge in [-0.15, -0.1) is 6.58 Å². The van der Waals surface area contributed by atoms with Crippen LogP contribution in [0.15, 0.2) is 12.7 Å². The monoisotopic (exact) mass is 116 g/mol. The first-order valence-corrected chi connectivity index (χ1v) is 2.14. The summed E-state index contributed by atoms with van der Waals surface area (Å²) in [6.07, 6.45) is 1.19. The van der Waals surface area contributed by atoms with Crippen molar-refractivity contribution in [2.24, 2.45) is 0 Å². The largest absolute Gasteiger partial charge is 0.360 e. The highest BCUT2D eigenvalue weighted by atomic mass is 16.5. The van der Waals surface area contributed by atoms with Crippen LogP contribution in [0, 0.1) is 0 Å². The van der Waals surface area contributed by atoms with Gasteiger partial charge < -0.3 is 10.2 Å². The average Bonchev–Trinajstić information content (AvgIpc) is 1.67. The molecule has 0 saturated heterocycles. The van der Waals surface area contributed by atoms with E-state index < -0.39 is 5.79 Å². The molecule has 3 nitrogen and oxygen atoms in total. The van der Waals surface area contributed by atoms with Gasteiger partial charge in [-0.25, -0.2) is 0 Å². The second-order valence-electron chi connectivity index (χ2n) is 1.49. The van der Waals surface area contributed by atoms with Gasteiger partial charge in [-0.2, -0.15) is 0 Å². The molecule has 0 rings (SSSR count). The van der Waals surface area contributed by atoms with E-state index in [1.54, 1.807) is 0 Å². The fourth-order valence-electron chi connectivity index (χ4n) is 0.261. The SMILES string of the molecule is C=CCC(O)(O)C=O. The first-order valence-electron chi connectivity index (χ1n) is 2.14. The lowest BCUT2D eigenvalue weighted by Gasteiger charge is -2.09. The molecule has 46 valence electrons. The molecule has 0 bridgehead atoms. The van der Waals surface area contributed by atoms with E-state index in [1.807, 2.05) is 0 Å². The number of aldehydes is 1. The maximum Gasteiger partial charge on any atom is 0.224 e. The van der Waals surface area contributed by atoms with Gasteiger partial charge >= 0.3 is 0 Å². The maximum atomic E-state index is 9.67. The van der Waals surface area contributed by atoms with Crippen LogP contribution in [0.3, 0.4) is 0 Å². The van der Waals surface area contributed by atoms with Crippen molar-refractivity contribution in [3.05, 3.63) is 12.7 Å². The van der Waals surface area contributed by atoms with Gasteiger partial charge in [0.2, 0.25) is 5.79 Å². The molecule has 3 heteroatoms.